The quantitative estimate of drug-likeness (QED) is 0.271. The molecule has 0 aliphatic heterocycles. The van der Waals surface area contributed by atoms with Gasteiger partial charge in [-0.05, 0) is 75.6 Å². The molecule has 10 heteroatoms. The van der Waals surface area contributed by atoms with Crippen molar-refractivity contribution >= 4 is 39.1 Å². The molecule has 0 aliphatic carbocycles. The van der Waals surface area contributed by atoms with E-state index in [1.807, 2.05) is 44.2 Å². The standard InChI is InChI=1S/C31H38ClN3O5S/c1-5-23(3)33-31(37)24(4)34(21-20-25-12-8-7-9-13-25)30(36)22-35(28-14-10-11-15-29(28)40-6-2)41(38,39)27-18-16-26(32)17-19-27/h7-19,23-24H,5-6,20-22H2,1-4H3,(H,33,37)/t23-,24-/m0/s1. The Morgan fingerprint density at radius 3 is 2.20 bits per heavy atom. The van der Waals surface area contributed by atoms with Crippen molar-refractivity contribution in [3.63, 3.8) is 0 Å². The third kappa shape index (κ3) is 8.47. The average Bonchev–Trinajstić information content (AvgIpc) is 2.97. The van der Waals surface area contributed by atoms with Crippen LogP contribution in [-0.2, 0) is 26.0 Å². The Balaban J connectivity index is 2.02. The fraction of sp³-hybridized carbons (Fsp3) is 0.355. The Labute approximate surface area is 248 Å². The number of amides is 2. The van der Waals surface area contributed by atoms with Gasteiger partial charge in [0.1, 0.15) is 18.3 Å². The number of sulfonamides is 1. The van der Waals surface area contributed by atoms with E-state index in [1.165, 1.54) is 29.2 Å². The molecule has 0 saturated heterocycles. The molecule has 0 saturated carbocycles. The Morgan fingerprint density at radius 2 is 1.56 bits per heavy atom. The third-order valence-electron chi connectivity index (χ3n) is 6.77. The maximum absolute atomic E-state index is 14.0. The van der Waals surface area contributed by atoms with Gasteiger partial charge in [0.25, 0.3) is 10.0 Å². The summed E-state index contributed by atoms with van der Waals surface area (Å²) in [7, 11) is -4.23. The van der Waals surface area contributed by atoms with Gasteiger partial charge in [-0.25, -0.2) is 8.42 Å². The SMILES string of the molecule is CCOc1ccccc1N(CC(=O)N(CCc1ccccc1)[C@@H](C)C(=O)N[C@@H](C)CC)S(=O)(=O)c1ccc(Cl)cc1. The number of hydrogen-bond donors (Lipinski definition) is 1. The lowest BCUT2D eigenvalue weighted by Crippen LogP contribution is -2.53. The normalized spacial score (nSPS) is 12.7. The minimum atomic E-state index is -4.23. The average molecular weight is 600 g/mol. The van der Waals surface area contributed by atoms with Crippen molar-refractivity contribution in [2.24, 2.45) is 0 Å². The summed E-state index contributed by atoms with van der Waals surface area (Å²) >= 11 is 6.02. The van der Waals surface area contributed by atoms with Gasteiger partial charge in [-0.2, -0.15) is 0 Å². The van der Waals surface area contributed by atoms with Gasteiger partial charge in [0.15, 0.2) is 0 Å². The predicted molar refractivity (Wildman–Crippen MR) is 163 cm³/mol. The van der Waals surface area contributed by atoms with E-state index in [2.05, 4.69) is 5.32 Å². The minimum Gasteiger partial charge on any atom is -0.492 e. The molecule has 3 aromatic carbocycles. The number of nitrogens with zero attached hydrogens (tertiary/aromatic N) is 2. The van der Waals surface area contributed by atoms with E-state index < -0.39 is 28.5 Å². The van der Waals surface area contributed by atoms with Crippen LogP contribution >= 0.6 is 11.6 Å². The number of para-hydroxylation sites is 2. The van der Waals surface area contributed by atoms with Crippen molar-refractivity contribution in [3.05, 3.63) is 89.4 Å². The molecular weight excluding hydrogens is 562 g/mol. The lowest BCUT2D eigenvalue weighted by Gasteiger charge is -2.32. The fourth-order valence-corrected chi connectivity index (χ4v) is 5.77. The van der Waals surface area contributed by atoms with Gasteiger partial charge in [0, 0.05) is 17.6 Å². The molecule has 0 aromatic heterocycles. The second kappa shape index (κ2) is 14.9. The van der Waals surface area contributed by atoms with Gasteiger partial charge in [-0.3, -0.25) is 13.9 Å². The van der Waals surface area contributed by atoms with E-state index in [0.717, 1.165) is 16.3 Å². The molecule has 0 aliphatic rings. The zero-order chi connectivity index (χ0) is 30.0. The lowest BCUT2D eigenvalue weighted by molar-refractivity contribution is -0.139. The Morgan fingerprint density at radius 1 is 0.927 bits per heavy atom. The molecule has 0 heterocycles. The summed E-state index contributed by atoms with van der Waals surface area (Å²) in [5.74, 6) is -0.502. The zero-order valence-electron chi connectivity index (χ0n) is 23.9. The number of halogens is 1. The molecule has 0 spiro atoms. The van der Waals surface area contributed by atoms with Crippen molar-refractivity contribution in [3.8, 4) is 5.75 Å². The largest absolute Gasteiger partial charge is 0.492 e. The topological polar surface area (TPSA) is 96.0 Å². The second-order valence-electron chi connectivity index (χ2n) is 9.68. The summed E-state index contributed by atoms with van der Waals surface area (Å²) in [5.41, 5.74) is 1.21. The van der Waals surface area contributed by atoms with Crippen molar-refractivity contribution in [1.29, 1.82) is 0 Å². The highest BCUT2D eigenvalue weighted by atomic mass is 35.5. The first-order valence-electron chi connectivity index (χ1n) is 13.7. The third-order valence-corrected chi connectivity index (χ3v) is 8.79. The molecule has 0 bridgehead atoms. The Kier molecular flexibility index (Phi) is 11.6. The lowest BCUT2D eigenvalue weighted by atomic mass is 10.1. The van der Waals surface area contributed by atoms with E-state index in [0.29, 0.717) is 23.8 Å². The molecule has 2 amide bonds. The molecule has 220 valence electrons. The summed E-state index contributed by atoms with van der Waals surface area (Å²) in [6.07, 6.45) is 1.23. The molecule has 0 fully saturated rings. The van der Waals surface area contributed by atoms with E-state index in [1.54, 1.807) is 38.1 Å². The summed E-state index contributed by atoms with van der Waals surface area (Å²) in [5, 5.41) is 3.32. The van der Waals surface area contributed by atoms with Crippen LogP contribution in [0.4, 0.5) is 5.69 Å². The highest BCUT2D eigenvalue weighted by molar-refractivity contribution is 7.92. The molecule has 41 heavy (non-hydrogen) atoms. The number of nitrogens with one attached hydrogen (secondary N) is 1. The smallest absolute Gasteiger partial charge is 0.264 e. The summed E-state index contributed by atoms with van der Waals surface area (Å²) in [4.78, 5) is 28.6. The van der Waals surface area contributed by atoms with Gasteiger partial charge >= 0.3 is 0 Å². The molecule has 0 unspecified atom stereocenters. The van der Waals surface area contributed by atoms with Crippen LogP contribution < -0.4 is 14.4 Å². The van der Waals surface area contributed by atoms with Gasteiger partial charge in [0.2, 0.25) is 11.8 Å². The van der Waals surface area contributed by atoms with Crippen molar-refractivity contribution in [1.82, 2.24) is 10.2 Å². The minimum absolute atomic E-state index is 0.0283. The van der Waals surface area contributed by atoms with E-state index in [9.17, 15) is 18.0 Å². The predicted octanol–water partition coefficient (Wildman–Crippen LogP) is 5.31. The number of carbonyl (C=O) groups excluding carboxylic acids is 2. The van der Waals surface area contributed by atoms with Crippen molar-refractivity contribution in [2.45, 2.75) is 57.5 Å². The number of hydrogen-bond acceptors (Lipinski definition) is 5. The van der Waals surface area contributed by atoms with E-state index >= 15 is 0 Å². The van der Waals surface area contributed by atoms with Crippen LogP contribution in [0.3, 0.4) is 0 Å². The van der Waals surface area contributed by atoms with Crippen LogP contribution in [0.25, 0.3) is 0 Å². The van der Waals surface area contributed by atoms with Crippen LogP contribution in [0.2, 0.25) is 5.02 Å². The molecule has 8 nitrogen and oxygen atoms in total. The number of anilines is 1. The first-order valence-corrected chi connectivity index (χ1v) is 15.5. The van der Waals surface area contributed by atoms with Gasteiger partial charge < -0.3 is 15.0 Å². The molecule has 0 radical (unpaired) electrons. The van der Waals surface area contributed by atoms with Crippen molar-refractivity contribution < 1.29 is 22.7 Å². The molecule has 3 aromatic rings. The van der Waals surface area contributed by atoms with Crippen LogP contribution in [-0.4, -0.2) is 56.9 Å². The summed E-state index contributed by atoms with van der Waals surface area (Å²) < 4.78 is 34.8. The van der Waals surface area contributed by atoms with Crippen LogP contribution in [0.1, 0.15) is 39.7 Å². The maximum Gasteiger partial charge on any atom is 0.264 e. The van der Waals surface area contributed by atoms with Crippen molar-refractivity contribution in [2.75, 3.05) is 24.0 Å². The van der Waals surface area contributed by atoms with Crippen LogP contribution in [0.5, 0.6) is 5.75 Å². The highest BCUT2D eigenvalue weighted by Gasteiger charge is 2.33. The maximum atomic E-state index is 14.0. The summed E-state index contributed by atoms with van der Waals surface area (Å²) in [6.45, 7) is 7.30. The molecule has 3 rings (SSSR count). The first-order chi connectivity index (χ1) is 19.6. The Bertz CT molecular complexity index is 1400. The number of benzene rings is 3. The number of rotatable bonds is 14. The number of ether oxygens (including phenoxy) is 1. The second-order valence-corrected chi connectivity index (χ2v) is 12.0. The van der Waals surface area contributed by atoms with Crippen LogP contribution in [0.15, 0.2) is 83.8 Å². The molecule has 2 atom stereocenters. The summed E-state index contributed by atoms with van der Waals surface area (Å²) in [6, 6.07) is 21.1. The highest BCUT2D eigenvalue weighted by Crippen LogP contribution is 2.33. The van der Waals surface area contributed by atoms with E-state index in [-0.39, 0.29) is 29.1 Å². The van der Waals surface area contributed by atoms with Gasteiger partial charge in [-0.1, -0.05) is 61.0 Å². The van der Waals surface area contributed by atoms with Gasteiger partial charge in [-0.15, -0.1) is 0 Å². The molecule has 1 N–H and O–H groups in total. The van der Waals surface area contributed by atoms with Gasteiger partial charge in [0.05, 0.1) is 17.2 Å². The molecular formula is C31H38ClN3O5S. The van der Waals surface area contributed by atoms with Crippen LogP contribution in [0, 0.1) is 0 Å². The fourth-order valence-electron chi connectivity index (χ4n) is 4.22. The first kappa shape index (κ1) is 32.0. The monoisotopic (exact) mass is 599 g/mol. The van der Waals surface area contributed by atoms with E-state index in [4.69, 9.17) is 16.3 Å². The Hall–Kier alpha value is -3.56. The number of carbonyl (C=O) groups is 2. The zero-order valence-corrected chi connectivity index (χ0v) is 25.5.